The molecule has 0 radical (unpaired) electrons. The van der Waals surface area contributed by atoms with Gasteiger partial charge in [0.2, 0.25) is 0 Å². The van der Waals surface area contributed by atoms with E-state index in [2.05, 4.69) is 5.32 Å². The molecule has 0 saturated carbocycles. The highest BCUT2D eigenvalue weighted by molar-refractivity contribution is 5.86. The van der Waals surface area contributed by atoms with Crippen LogP contribution in [0.5, 0.6) is 0 Å². The van der Waals surface area contributed by atoms with Crippen LogP contribution in [0.25, 0.3) is 0 Å². The molecular formula is C11H20FNO2. The summed E-state index contributed by atoms with van der Waals surface area (Å²) in [6.07, 6.45) is -0.300. The molecule has 0 aliphatic carbocycles. The third-order valence-corrected chi connectivity index (χ3v) is 2.80. The Hall–Kier alpha value is -0.480. The third kappa shape index (κ3) is 2.98. The van der Waals surface area contributed by atoms with E-state index in [1.54, 1.807) is 0 Å². The minimum atomic E-state index is -1.28. The van der Waals surface area contributed by atoms with E-state index >= 15 is 0 Å². The van der Waals surface area contributed by atoms with Crippen LogP contribution in [0, 0.1) is 11.3 Å². The standard InChI is InChI=1S/C11H20FNO2/c1-11(2,3)9(14)7-5-6-8(15-4)13-10(7)12/h7-8,10,13H,5-6H2,1-4H3. The van der Waals surface area contributed by atoms with Crippen LogP contribution in [-0.2, 0) is 9.53 Å². The maximum Gasteiger partial charge on any atom is 0.162 e. The van der Waals surface area contributed by atoms with Gasteiger partial charge in [-0.2, -0.15) is 0 Å². The highest BCUT2D eigenvalue weighted by Crippen LogP contribution is 2.29. The second-order valence-electron chi connectivity index (χ2n) is 5.09. The number of rotatable bonds is 2. The molecule has 1 saturated heterocycles. The lowest BCUT2D eigenvalue weighted by atomic mass is 9.79. The highest BCUT2D eigenvalue weighted by atomic mass is 19.1. The van der Waals surface area contributed by atoms with Crippen LogP contribution >= 0.6 is 0 Å². The molecule has 3 unspecified atom stereocenters. The third-order valence-electron chi connectivity index (χ3n) is 2.80. The van der Waals surface area contributed by atoms with Gasteiger partial charge in [-0.25, -0.2) is 4.39 Å². The van der Waals surface area contributed by atoms with Crippen molar-refractivity contribution >= 4 is 5.78 Å². The lowest BCUT2D eigenvalue weighted by Gasteiger charge is -2.34. The molecule has 3 atom stereocenters. The first-order valence-corrected chi connectivity index (χ1v) is 5.33. The molecule has 0 spiro atoms. The van der Waals surface area contributed by atoms with Crippen molar-refractivity contribution in [2.75, 3.05) is 7.11 Å². The van der Waals surface area contributed by atoms with E-state index in [1.165, 1.54) is 7.11 Å². The Balaban J connectivity index is 2.62. The molecule has 1 fully saturated rings. The Bertz CT molecular complexity index is 237. The molecule has 0 bridgehead atoms. The van der Waals surface area contributed by atoms with Gasteiger partial charge in [0, 0.05) is 12.5 Å². The van der Waals surface area contributed by atoms with Crippen molar-refractivity contribution in [3.05, 3.63) is 0 Å². The van der Waals surface area contributed by atoms with E-state index in [-0.39, 0.29) is 12.0 Å². The Morgan fingerprint density at radius 2 is 2.00 bits per heavy atom. The Morgan fingerprint density at radius 1 is 1.40 bits per heavy atom. The van der Waals surface area contributed by atoms with Crippen molar-refractivity contribution in [2.45, 2.75) is 46.1 Å². The van der Waals surface area contributed by atoms with Gasteiger partial charge in [0.25, 0.3) is 0 Å². The number of piperidine rings is 1. The van der Waals surface area contributed by atoms with Crippen LogP contribution in [0.2, 0.25) is 0 Å². The summed E-state index contributed by atoms with van der Waals surface area (Å²) in [5.41, 5.74) is -0.476. The van der Waals surface area contributed by atoms with Gasteiger partial charge in [-0.05, 0) is 12.8 Å². The first-order valence-electron chi connectivity index (χ1n) is 5.33. The number of methoxy groups -OCH3 is 1. The average Bonchev–Trinajstić information content (AvgIpc) is 2.15. The van der Waals surface area contributed by atoms with Crippen molar-refractivity contribution < 1.29 is 13.9 Å². The van der Waals surface area contributed by atoms with Gasteiger partial charge in [-0.15, -0.1) is 0 Å². The molecule has 1 N–H and O–H groups in total. The monoisotopic (exact) mass is 217 g/mol. The van der Waals surface area contributed by atoms with Crippen molar-refractivity contribution in [1.29, 1.82) is 0 Å². The van der Waals surface area contributed by atoms with E-state index in [0.29, 0.717) is 12.8 Å². The molecular weight excluding hydrogens is 197 g/mol. The maximum atomic E-state index is 13.7. The SMILES string of the molecule is COC1CCC(C(=O)C(C)(C)C)C(F)N1. The van der Waals surface area contributed by atoms with Crippen molar-refractivity contribution in [2.24, 2.45) is 11.3 Å². The van der Waals surface area contributed by atoms with Gasteiger partial charge in [0.15, 0.2) is 6.30 Å². The molecule has 0 aromatic heterocycles. The lowest BCUT2D eigenvalue weighted by molar-refractivity contribution is -0.136. The van der Waals surface area contributed by atoms with E-state index in [4.69, 9.17) is 4.74 Å². The topological polar surface area (TPSA) is 38.3 Å². The Morgan fingerprint density at radius 3 is 2.40 bits per heavy atom. The summed E-state index contributed by atoms with van der Waals surface area (Å²) in [5, 5.41) is 2.66. The summed E-state index contributed by atoms with van der Waals surface area (Å²) < 4.78 is 18.7. The quantitative estimate of drug-likeness (QED) is 0.718. The Labute approximate surface area is 90.4 Å². The van der Waals surface area contributed by atoms with Gasteiger partial charge in [-0.1, -0.05) is 20.8 Å². The van der Waals surface area contributed by atoms with E-state index in [9.17, 15) is 9.18 Å². The van der Waals surface area contributed by atoms with Gasteiger partial charge >= 0.3 is 0 Å². The molecule has 0 aromatic carbocycles. The van der Waals surface area contributed by atoms with Gasteiger partial charge in [0.05, 0.1) is 5.92 Å². The fourth-order valence-corrected chi connectivity index (χ4v) is 1.86. The summed E-state index contributed by atoms with van der Waals surface area (Å²) in [4.78, 5) is 11.9. The molecule has 15 heavy (non-hydrogen) atoms. The van der Waals surface area contributed by atoms with Crippen LogP contribution in [0.15, 0.2) is 0 Å². The number of carbonyl (C=O) groups excluding carboxylic acids is 1. The summed E-state index contributed by atoms with van der Waals surface area (Å²) >= 11 is 0. The van der Waals surface area contributed by atoms with E-state index < -0.39 is 17.6 Å². The number of alkyl halides is 1. The first kappa shape index (κ1) is 12.6. The number of Topliss-reactive ketones (excluding diaryl/α,β-unsaturated/α-hetero) is 1. The molecule has 88 valence electrons. The predicted molar refractivity (Wildman–Crippen MR) is 56.0 cm³/mol. The molecule has 0 aromatic rings. The number of nitrogens with one attached hydrogen (secondary N) is 1. The molecule has 3 nitrogen and oxygen atoms in total. The molecule has 0 amide bonds. The molecule has 1 heterocycles. The first-order chi connectivity index (χ1) is 6.86. The average molecular weight is 217 g/mol. The normalized spacial score (nSPS) is 32.7. The molecule has 1 aliphatic rings. The largest absolute Gasteiger partial charge is 0.367 e. The van der Waals surface area contributed by atoms with Crippen molar-refractivity contribution in [3.63, 3.8) is 0 Å². The van der Waals surface area contributed by atoms with Crippen LogP contribution in [0.4, 0.5) is 4.39 Å². The summed E-state index contributed by atoms with van der Waals surface area (Å²) in [7, 11) is 1.54. The minimum Gasteiger partial charge on any atom is -0.367 e. The second kappa shape index (κ2) is 4.58. The number of carbonyl (C=O) groups is 1. The highest BCUT2D eigenvalue weighted by Gasteiger charge is 2.39. The number of ketones is 1. The summed E-state index contributed by atoms with van der Waals surface area (Å²) in [6, 6.07) is 0. The smallest absolute Gasteiger partial charge is 0.162 e. The van der Waals surface area contributed by atoms with Crippen LogP contribution < -0.4 is 5.32 Å². The van der Waals surface area contributed by atoms with Crippen molar-refractivity contribution in [3.8, 4) is 0 Å². The number of hydrogen-bond donors (Lipinski definition) is 1. The fourth-order valence-electron chi connectivity index (χ4n) is 1.86. The zero-order chi connectivity index (χ0) is 11.6. The second-order valence-corrected chi connectivity index (χ2v) is 5.09. The lowest BCUT2D eigenvalue weighted by Crippen LogP contribution is -2.50. The van der Waals surface area contributed by atoms with Gasteiger partial charge < -0.3 is 4.74 Å². The zero-order valence-electron chi connectivity index (χ0n) is 9.84. The molecule has 1 aliphatic heterocycles. The van der Waals surface area contributed by atoms with Gasteiger partial charge in [-0.3, -0.25) is 10.1 Å². The predicted octanol–water partition coefficient (Wildman–Crippen LogP) is 1.87. The maximum absolute atomic E-state index is 13.7. The number of ether oxygens (including phenoxy) is 1. The molecule has 4 heteroatoms. The van der Waals surface area contributed by atoms with Gasteiger partial charge in [0.1, 0.15) is 12.0 Å². The van der Waals surface area contributed by atoms with Crippen LogP contribution in [0.1, 0.15) is 33.6 Å². The van der Waals surface area contributed by atoms with Crippen LogP contribution in [-0.4, -0.2) is 25.4 Å². The summed E-state index contributed by atoms with van der Waals surface area (Å²) in [6.45, 7) is 5.47. The number of hydrogen-bond acceptors (Lipinski definition) is 3. The van der Waals surface area contributed by atoms with E-state index in [0.717, 1.165) is 0 Å². The van der Waals surface area contributed by atoms with E-state index in [1.807, 2.05) is 20.8 Å². The number of halogens is 1. The summed E-state index contributed by atoms with van der Waals surface area (Å²) in [5.74, 6) is -0.548. The fraction of sp³-hybridized carbons (Fsp3) is 0.909. The van der Waals surface area contributed by atoms with Crippen molar-refractivity contribution in [1.82, 2.24) is 5.32 Å². The van der Waals surface area contributed by atoms with Crippen LogP contribution in [0.3, 0.4) is 0 Å². The molecule has 1 rings (SSSR count). The zero-order valence-corrected chi connectivity index (χ0v) is 9.84. The Kier molecular flexibility index (Phi) is 3.84. The minimum absolute atomic E-state index is 0.0166.